The Morgan fingerprint density at radius 2 is 1.29 bits per heavy atom. The topological polar surface area (TPSA) is 46.3 Å². The molecule has 1 unspecified atom stereocenters. The van der Waals surface area contributed by atoms with Crippen molar-refractivity contribution in [1.82, 2.24) is 4.90 Å². The molecule has 2 aromatic rings. The summed E-state index contributed by atoms with van der Waals surface area (Å²) in [6.45, 7) is 1.43. The second kappa shape index (κ2) is 7.09. The van der Waals surface area contributed by atoms with Gasteiger partial charge in [0.2, 0.25) is 5.91 Å². The van der Waals surface area contributed by atoms with Gasteiger partial charge in [-0.05, 0) is 48.2 Å². The predicted molar refractivity (Wildman–Crippen MR) is 88.4 cm³/mol. The molecule has 2 N–H and O–H groups in total. The molecule has 126 valence electrons. The SMILES string of the molecule is NC(C(=O)N1CCCC1)C(c1ccc(F)cc1)c1ccc(F)cc1. The minimum atomic E-state index is -0.793. The van der Waals surface area contributed by atoms with E-state index in [2.05, 4.69) is 0 Å². The normalized spacial score (nSPS) is 15.8. The molecular weight excluding hydrogens is 310 g/mol. The van der Waals surface area contributed by atoms with E-state index in [1.165, 1.54) is 24.3 Å². The molecule has 1 heterocycles. The highest BCUT2D eigenvalue weighted by Crippen LogP contribution is 2.29. The Balaban J connectivity index is 1.95. The number of rotatable bonds is 4. The predicted octanol–water partition coefficient (Wildman–Crippen LogP) is 3.05. The average molecular weight is 330 g/mol. The second-order valence-corrected chi connectivity index (χ2v) is 6.14. The first-order valence-corrected chi connectivity index (χ1v) is 8.11. The molecule has 3 nitrogen and oxygen atoms in total. The fourth-order valence-electron chi connectivity index (χ4n) is 3.24. The molecule has 5 heteroatoms. The molecule has 3 rings (SSSR count). The third kappa shape index (κ3) is 3.46. The summed E-state index contributed by atoms with van der Waals surface area (Å²) < 4.78 is 26.5. The smallest absolute Gasteiger partial charge is 0.240 e. The molecule has 1 saturated heterocycles. The van der Waals surface area contributed by atoms with E-state index in [4.69, 9.17) is 5.73 Å². The van der Waals surface area contributed by atoms with Crippen LogP contribution in [0.5, 0.6) is 0 Å². The Labute approximate surface area is 140 Å². The van der Waals surface area contributed by atoms with Crippen molar-refractivity contribution >= 4 is 5.91 Å². The summed E-state index contributed by atoms with van der Waals surface area (Å²) in [4.78, 5) is 14.5. The van der Waals surface area contributed by atoms with E-state index in [9.17, 15) is 13.6 Å². The highest BCUT2D eigenvalue weighted by Gasteiger charge is 2.32. The molecule has 0 bridgehead atoms. The van der Waals surface area contributed by atoms with Gasteiger partial charge in [0.05, 0.1) is 6.04 Å². The van der Waals surface area contributed by atoms with E-state index in [1.807, 2.05) is 0 Å². The Kier molecular flexibility index (Phi) is 4.90. The molecule has 1 amide bonds. The van der Waals surface area contributed by atoms with E-state index >= 15 is 0 Å². The van der Waals surface area contributed by atoms with Crippen LogP contribution < -0.4 is 5.73 Å². The number of likely N-dealkylation sites (tertiary alicyclic amines) is 1. The molecule has 2 aromatic carbocycles. The molecule has 1 aliphatic rings. The number of benzene rings is 2. The van der Waals surface area contributed by atoms with Crippen LogP contribution >= 0.6 is 0 Å². The molecule has 0 saturated carbocycles. The summed E-state index contributed by atoms with van der Waals surface area (Å²) in [6.07, 6.45) is 1.96. The lowest BCUT2D eigenvalue weighted by molar-refractivity contribution is -0.131. The van der Waals surface area contributed by atoms with Crippen molar-refractivity contribution in [3.63, 3.8) is 0 Å². The van der Waals surface area contributed by atoms with Gasteiger partial charge in [-0.2, -0.15) is 0 Å². The monoisotopic (exact) mass is 330 g/mol. The first-order chi connectivity index (χ1) is 11.6. The van der Waals surface area contributed by atoms with Crippen LogP contribution in [0, 0.1) is 11.6 Å². The summed E-state index contributed by atoms with van der Waals surface area (Å²) >= 11 is 0. The van der Waals surface area contributed by atoms with Crippen LogP contribution in [-0.2, 0) is 4.79 Å². The Bertz CT molecular complexity index is 649. The lowest BCUT2D eigenvalue weighted by Gasteiger charge is -2.28. The van der Waals surface area contributed by atoms with E-state index < -0.39 is 12.0 Å². The zero-order chi connectivity index (χ0) is 17.1. The molecule has 0 radical (unpaired) electrons. The number of amides is 1. The molecule has 1 aliphatic heterocycles. The fourth-order valence-corrected chi connectivity index (χ4v) is 3.24. The first kappa shape index (κ1) is 16.6. The largest absolute Gasteiger partial charge is 0.341 e. The third-order valence-corrected chi connectivity index (χ3v) is 4.52. The summed E-state index contributed by atoms with van der Waals surface area (Å²) in [7, 11) is 0. The van der Waals surface area contributed by atoms with E-state index in [0.717, 1.165) is 24.0 Å². The molecule has 1 atom stereocenters. The van der Waals surface area contributed by atoms with E-state index in [0.29, 0.717) is 13.1 Å². The van der Waals surface area contributed by atoms with Gasteiger partial charge in [0.15, 0.2) is 0 Å². The van der Waals surface area contributed by atoms with Gasteiger partial charge < -0.3 is 10.6 Å². The van der Waals surface area contributed by atoms with Crippen LogP contribution in [0.4, 0.5) is 8.78 Å². The van der Waals surface area contributed by atoms with Crippen LogP contribution in [0.3, 0.4) is 0 Å². The van der Waals surface area contributed by atoms with Crippen LogP contribution in [0.1, 0.15) is 29.9 Å². The van der Waals surface area contributed by atoms with Crippen molar-refractivity contribution in [3.05, 3.63) is 71.3 Å². The molecule has 24 heavy (non-hydrogen) atoms. The lowest BCUT2D eigenvalue weighted by Crippen LogP contribution is -2.46. The summed E-state index contributed by atoms with van der Waals surface area (Å²) in [6, 6.07) is 11.1. The quantitative estimate of drug-likeness (QED) is 0.936. The van der Waals surface area contributed by atoms with Crippen molar-refractivity contribution < 1.29 is 13.6 Å². The Morgan fingerprint density at radius 1 is 0.875 bits per heavy atom. The van der Waals surface area contributed by atoms with Crippen LogP contribution in [0.25, 0.3) is 0 Å². The zero-order valence-corrected chi connectivity index (χ0v) is 13.3. The van der Waals surface area contributed by atoms with E-state index in [1.54, 1.807) is 29.2 Å². The molecule has 0 aromatic heterocycles. The van der Waals surface area contributed by atoms with E-state index in [-0.39, 0.29) is 17.5 Å². The summed E-state index contributed by atoms with van der Waals surface area (Å²) in [5.74, 6) is -1.27. The summed E-state index contributed by atoms with van der Waals surface area (Å²) in [5, 5.41) is 0. The van der Waals surface area contributed by atoms with Gasteiger partial charge in [0.25, 0.3) is 0 Å². The van der Waals surface area contributed by atoms with Gasteiger partial charge in [-0.3, -0.25) is 4.79 Å². The highest BCUT2D eigenvalue weighted by molar-refractivity contribution is 5.83. The lowest BCUT2D eigenvalue weighted by atomic mass is 9.84. The first-order valence-electron chi connectivity index (χ1n) is 8.11. The molecule has 0 spiro atoms. The van der Waals surface area contributed by atoms with Gasteiger partial charge in [-0.25, -0.2) is 8.78 Å². The van der Waals surface area contributed by atoms with Crippen LogP contribution in [0.15, 0.2) is 48.5 Å². The highest BCUT2D eigenvalue weighted by atomic mass is 19.1. The van der Waals surface area contributed by atoms with Gasteiger partial charge in [-0.1, -0.05) is 24.3 Å². The molecule has 0 aliphatic carbocycles. The molecular formula is C19H20F2N2O. The maximum absolute atomic E-state index is 13.3. The number of nitrogens with two attached hydrogens (primary N) is 1. The minimum absolute atomic E-state index is 0.119. The minimum Gasteiger partial charge on any atom is -0.341 e. The average Bonchev–Trinajstić information content (AvgIpc) is 3.12. The van der Waals surface area contributed by atoms with Crippen molar-refractivity contribution in [2.45, 2.75) is 24.8 Å². The zero-order valence-electron chi connectivity index (χ0n) is 13.3. The number of halogens is 2. The van der Waals surface area contributed by atoms with Crippen molar-refractivity contribution in [2.75, 3.05) is 13.1 Å². The number of carbonyl (C=O) groups excluding carboxylic acids is 1. The van der Waals surface area contributed by atoms with Crippen LogP contribution in [0.2, 0.25) is 0 Å². The van der Waals surface area contributed by atoms with Crippen molar-refractivity contribution in [2.24, 2.45) is 5.73 Å². The van der Waals surface area contributed by atoms with Gasteiger partial charge in [0.1, 0.15) is 11.6 Å². The Hall–Kier alpha value is -2.27. The van der Waals surface area contributed by atoms with Gasteiger partial charge in [0, 0.05) is 19.0 Å². The second-order valence-electron chi connectivity index (χ2n) is 6.14. The van der Waals surface area contributed by atoms with Crippen LogP contribution in [-0.4, -0.2) is 29.9 Å². The van der Waals surface area contributed by atoms with Gasteiger partial charge in [-0.15, -0.1) is 0 Å². The third-order valence-electron chi connectivity index (χ3n) is 4.52. The number of carbonyl (C=O) groups is 1. The Morgan fingerprint density at radius 3 is 1.71 bits per heavy atom. The van der Waals surface area contributed by atoms with Crippen molar-refractivity contribution in [1.29, 1.82) is 0 Å². The van der Waals surface area contributed by atoms with Crippen molar-refractivity contribution in [3.8, 4) is 0 Å². The fraction of sp³-hybridized carbons (Fsp3) is 0.316. The number of hydrogen-bond donors (Lipinski definition) is 1. The number of nitrogens with zero attached hydrogens (tertiary/aromatic N) is 1. The van der Waals surface area contributed by atoms with Gasteiger partial charge >= 0.3 is 0 Å². The maximum Gasteiger partial charge on any atom is 0.240 e. The molecule has 1 fully saturated rings. The number of hydrogen-bond acceptors (Lipinski definition) is 2. The standard InChI is InChI=1S/C19H20F2N2O/c20-15-7-3-13(4-8-15)17(14-5-9-16(21)10-6-14)18(22)19(24)23-11-1-2-12-23/h3-10,17-18H,1-2,11-12,22H2. The summed E-state index contributed by atoms with van der Waals surface area (Å²) in [5.41, 5.74) is 7.78. The maximum atomic E-state index is 13.3.